The minimum atomic E-state index is -3.21. The molecule has 0 unspecified atom stereocenters. The van der Waals surface area contributed by atoms with Crippen LogP contribution in [0.5, 0.6) is 5.75 Å². The molecule has 4 nitrogen and oxygen atoms in total. The molecule has 2 aromatic rings. The van der Waals surface area contributed by atoms with Crippen LogP contribution >= 0.6 is 0 Å². The van der Waals surface area contributed by atoms with Gasteiger partial charge in [0.05, 0.1) is 4.90 Å². The maximum Gasteiger partial charge on any atom is 0.175 e. The van der Waals surface area contributed by atoms with Gasteiger partial charge in [0.25, 0.3) is 0 Å². The highest BCUT2D eigenvalue weighted by atomic mass is 32.2. The van der Waals surface area contributed by atoms with Gasteiger partial charge < -0.3 is 10.4 Å². The molecule has 142 valence electrons. The van der Waals surface area contributed by atoms with Crippen LogP contribution in [0.2, 0.25) is 0 Å². The molecule has 0 radical (unpaired) electrons. The van der Waals surface area contributed by atoms with Crippen LogP contribution in [0.1, 0.15) is 52.7 Å². The molecule has 26 heavy (non-hydrogen) atoms. The summed E-state index contributed by atoms with van der Waals surface area (Å²) in [7, 11) is -3.21. The smallest absolute Gasteiger partial charge is 0.175 e. The van der Waals surface area contributed by atoms with Gasteiger partial charge >= 0.3 is 0 Å². The lowest BCUT2D eigenvalue weighted by molar-refractivity contribution is 0.423. The van der Waals surface area contributed by atoms with Gasteiger partial charge in [0.2, 0.25) is 0 Å². The van der Waals surface area contributed by atoms with Gasteiger partial charge in [-0.1, -0.05) is 41.5 Å². The number of hydrogen-bond acceptors (Lipinski definition) is 4. The van der Waals surface area contributed by atoms with E-state index < -0.39 is 9.84 Å². The van der Waals surface area contributed by atoms with Crippen LogP contribution in [0.4, 0.5) is 11.4 Å². The number of anilines is 2. The number of hydrogen-bond donors (Lipinski definition) is 2. The number of aromatic hydroxyl groups is 1. The van der Waals surface area contributed by atoms with Crippen molar-refractivity contribution in [3.05, 3.63) is 47.5 Å². The summed E-state index contributed by atoms with van der Waals surface area (Å²) in [6, 6.07) is 10.6. The number of rotatable bonds is 3. The standard InChI is InChI=1S/C21H29NO3S/c1-20(2,3)17-12-15(13-18(19(17)23)21(4,5)6)22-14-8-10-16(11-9-14)26(7,24)25/h8-13,22-23H,1-7H3. The Morgan fingerprint density at radius 2 is 1.23 bits per heavy atom. The number of phenolic OH excluding ortho intramolecular Hbond substituents is 1. The van der Waals surface area contributed by atoms with E-state index in [0.717, 1.165) is 22.5 Å². The van der Waals surface area contributed by atoms with Crippen LogP contribution in [-0.2, 0) is 20.7 Å². The maximum absolute atomic E-state index is 11.6. The zero-order chi connectivity index (χ0) is 19.9. The summed E-state index contributed by atoms with van der Waals surface area (Å²) >= 11 is 0. The van der Waals surface area contributed by atoms with Gasteiger partial charge in [-0.2, -0.15) is 0 Å². The van der Waals surface area contributed by atoms with Gasteiger partial charge in [0.1, 0.15) is 5.75 Å². The average Bonchev–Trinajstić information content (AvgIpc) is 2.46. The SMILES string of the molecule is CC(C)(C)c1cc(Nc2ccc(S(C)(=O)=O)cc2)cc(C(C)(C)C)c1O. The molecule has 2 aromatic carbocycles. The fourth-order valence-corrected chi connectivity index (χ4v) is 3.43. The van der Waals surface area contributed by atoms with Crippen molar-refractivity contribution in [2.75, 3.05) is 11.6 Å². The molecular weight excluding hydrogens is 346 g/mol. The van der Waals surface area contributed by atoms with Crippen molar-refractivity contribution in [2.45, 2.75) is 57.3 Å². The third kappa shape index (κ3) is 4.58. The lowest BCUT2D eigenvalue weighted by Crippen LogP contribution is -2.17. The second kappa shape index (κ2) is 6.62. The van der Waals surface area contributed by atoms with E-state index in [1.807, 2.05) is 12.1 Å². The van der Waals surface area contributed by atoms with E-state index in [0.29, 0.717) is 10.6 Å². The lowest BCUT2D eigenvalue weighted by atomic mass is 9.79. The number of benzene rings is 2. The Hall–Kier alpha value is -2.01. The molecular formula is C21H29NO3S. The number of sulfone groups is 1. The first-order chi connectivity index (χ1) is 11.7. The molecule has 0 aromatic heterocycles. The largest absolute Gasteiger partial charge is 0.507 e. The first-order valence-electron chi connectivity index (χ1n) is 8.65. The van der Waals surface area contributed by atoms with E-state index in [9.17, 15) is 13.5 Å². The van der Waals surface area contributed by atoms with Crippen LogP contribution in [0.15, 0.2) is 41.3 Å². The molecule has 0 atom stereocenters. The summed E-state index contributed by atoms with van der Waals surface area (Å²) < 4.78 is 23.2. The number of nitrogens with one attached hydrogen (secondary N) is 1. The summed E-state index contributed by atoms with van der Waals surface area (Å²) in [4.78, 5) is 0.291. The maximum atomic E-state index is 11.6. The van der Waals surface area contributed by atoms with Crippen LogP contribution in [0.3, 0.4) is 0 Å². The Labute approximate surface area is 157 Å². The first kappa shape index (κ1) is 20.3. The van der Waals surface area contributed by atoms with Crippen LogP contribution < -0.4 is 5.32 Å². The van der Waals surface area contributed by atoms with Crippen molar-refractivity contribution in [2.24, 2.45) is 0 Å². The highest BCUT2D eigenvalue weighted by molar-refractivity contribution is 7.90. The van der Waals surface area contributed by atoms with E-state index in [-0.39, 0.29) is 10.8 Å². The minimum absolute atomic E-state index is 0.206. The molecule has 2 N–H and O–H groups in total. The summed E-state index contributed by atoms with van der Waals surface area (Å²) in [6.07, 6.45) is 1.20. The molecule has 0 aliphatic carbocycles. The van der Waals surface area contributed by atoms with E-state index >= 15 is 0 Å². The highest BCUT2D eigenvalue weighted by Crippen LogP contribution is 2.41. The van der Waals surface area contributed by atoms with Crippen molar-refractivity contribution >= 4 is 21.2 Å². The second-order valence-electron chi connectivity index (χ2n) is 8.84. The predicted octanol–water partition coefficient (Wildman–Crippen LogP) is 5.13. The average molecular weight is 376 g/mol. The minimum Gasteiger partial charge on any atom is -0.507 e. The fraction of sp³-hybridized carbons (Fsp3) is 0.429. The molecule has 0 amide bonds. The molecule has 5 heteroatoms. The van der Waals surface area contributed by atoms with Gasteiger partial charge in [0.15, 0.2) is 9.84 Å². The third-order valence-electron chi connectivity index (χ3n) is 4.30. The fourth-order valence-electron chi connectivity index (χ4n) is 2.80. The van der Waals surface area contributed by atoms with Crippen LogP contribution in [0.25, 0.3) is 0 Å². The second-order valence-corrected chi connectivity index (χ2v) is 10.9. The normalized spacial score (nSPS) is 12.9. The quantitative estimate of drug-likeness (QED) is 0.730. The zero-order valence-corrected chi connectivity index (χ0v) is 17.5. The molecule has 0 aliphatic heterocycles. The summed E-state index contributed by atoms with van der Waals surface area (Å²) in [5, 5.41) is 14.1. The van der Waals surface area contributed by atoms with Crippen LogP contribution in [-0.4, -0.2) is 19.8 Å². The van der Waals surface area contributed by atoms with E-state index in [1.54, 1.807) is 24.3 Å². The summed E-state index contributed by atoms with van der Waals surface area (Å²) in [6.45, 7) is 12.4. The van der Waals surface area contributed by atoms with Crippen molar-refractivity contribution in [1.29, 1.82) is 0 Å². The topological polar surface area (TPSA) is 66.4 Å². The highest BCUT2D eigenvalue weighted by Gasteiger charge is 2.26. The Kier molecular flexibility index (Phi) is 5.17. The van der Waals surface area contributed by atoms with E-state index in [4.69, 9.17) is 0 Å². The molecule has 0 aliphatic rings. The molecule has 0 heterocycles. The zero-order valence-electron chi connectivity index (χ0n) is 16.6. The Balaban J connectivity index is 2.50. The Morgan fingerprint density at radius 1 is 0.808 bits per heavy atom. The predicted molar refractivity (Wildman–Crippen MR) is 108 cm³/mol. The summed E-state index contributed by atoms with van der Waals surface area (Å²) in [5.74, 6) is 0.336. The van der Waals surface area contributed by atoms with Crippen molar-refractivity contribution in [3.8, 4) is 5.75 Å². The van der Waals surface area contributed by atoms with Gasteiger partial charge in [-0.15, -0.1) is 0 Å². The van der Waals surface area contributed by atoms with Gasteiger partial charge in [-0.25, -0.2) is 8.42 Å². The molecule has 0 spiro atoms. The molecule has 0 saturated heterocycles. The van der Waals surface area contributed by atoms with Gasteiger partial charge in [0, 0.05) is 28.8 Å². The first-order valence-corrected chi connectivity index (χ1v) is 10.5. The lowest BCUT2D eigenvalue weighted by Gasteiger charge is -2.28. The van der Waals surface area contributed by atoms with Crippen molar-refractivity contribution < 1.29 is 13.5 Å². The third-order valence-corrected chi connectivity index (χ3v) is 5.43. The van der Waals surface area contributed by atoms with Crippen molar-refractivity contribution in [1.82, 2.24) is 0 Å². The Morgan fingerprint density at radius 3 is 1.58 bits per heavy atom. The molecule has 2 rings (SSSR count). The van der Waals surface area contributed by atoms with Crippen molar-refractivity contribution in [3.63, 3.8) is 0 Å². The monoisotopic (exact) mass is 375 g/mol. The van der Waals surface area contributed by atoms with Gasteiger partial charge in [-0.05, 0) is 47.2 Å². The molecule has 0 fully saturated rings. The van der Waals surface area contributed by atoms with Crippen LogP contribution in [0, 0.1) is 0 Å². The van der Waals surface area contributed by atoms with E-state index in [1.165, 1.54) is 6.26 Å². The van der Waals surface area contributed by atoms with Gasteiger partial charge in [-0.3, -0.25) is 0 Å². The Bertz CT molecular complexity index is 865. The molecule has 0 saturated carbocycles. The molecule has 0 bridgehead atoms. The summed E-state index contributed by atoms with van der Waals surface area (Å²) in [5.41, 5.74) is 3.00. The number of phenols is 1. The van der Waals surface area contributed by atoms with E-state index in [2.05, 4.69) is 46.9 Å².